The Kier molecular flexibility index (Phi) is 6.11. The van der Waals surface area contributed by atoms with Crippen molar-refractivity contribution in [3.8, 4) is 0 Å². The molecule has 0 heterocycles. The van der Waals surface area contributed by atoms with Crippen LogP contribution in [0.3, 0.4) is 0 Å². The number of nitrogens with one attached hydrogen (secondary N) is 2. The van der Waals surface area contributed by atoms with Crippen molar-refractivity contribution >= 4 is 39.5 Å². The molecule has 5 heteroatoms. The van der Waals surface area contributed by atoms with Crippen LogP contribution in [0.25, 0.3) is 6.08 Å². The number of amides is 2. The first kappa shape index (κ1) is 17.0. The molecule has 0 aliphatic heterocycles. The van der Waals surface area contributed by atoms with E-state index < -0.39 is 0 Å². The van der Waals surface area contributed by atoms with Crippen molar-refractivity contribution in [2.45, 2.75) is 6.42 Å². The lowest BCUT2D eigenvalue weighted by atomic mass is 10.1. The maximum absolute atomic E-state index is 11.9. The first-order valence-corrected chi connectivity index (χ1v) is 7.91. The van der Waals surface area contributed by atoms with Crippen LogP contribution in [-0.4, -0.2) is 18.9 Å². The zero-order valence-electron chi connectivity index (χ0n) is 12.7. The van der Waals surface area contributed by atoms with Crippen LogP contribution < -0.4 is 10.6 Å². The second-order valence-corrected chi connectivity index (χ2v) is 5.75. The van der Waals surface area contributed by atoms with Crippen molar-refractivity contribution in [2.24, 2.45) is 0 Å². The summed E-state index contributed by atoms with van der Waals surface area (Å²) in [6.45, 7) is 0. The highest BCUT2D eigenvalue weighted by molar-refractivity contribution is 9.10. The molecule has 118 valence electrons. The summed E-state index contributed by atoms with van der Waals surface area (Å²) >= 11 is 3.43. The monoisotopic (exact) mass is 372 g/mol. The number of anilines is 1. The number of benzene rings is 2. The van der Waals surface area contributed by atoms with Gasteiger partial charge in [0.05, 0.1) is 6.42 Å². The van der Waals surface area contributed by atoms with Gasteiger partial charge in [-0.2, -0.15) is 0 Å². The van der Waals surface area contributed by atoms with Crippen LogP contribution in [0, 0.1) is 0 Å². The van der Waals surface area contributed by atoms with Crippen LogP contribution in [0.1, 0.15) is 11.1 Å². The van der Waals surface area contributed by atoms with Crippen LogP contribution in [0.2, 0.25) is 0 Å². The quantitative estimate of drug-likeness (QED) is 0.790. The SMILES string of the molecule is CNC(=O)Cc1ccc(NC(=O)/C=C/c2ccccc2Br)cc1. The van der Waals surface area contributed by atoms with Crippen LogP contribution >= 0.6 is 15.9 Å². The molecule has 2 aromatic carbocycles. The summed E-state index contributed by atoms with van der Waals surface area (Å²) in [6.07, 6.45) is 3.56. The van der Waals surface area contributed by atoms with Crippen LogP contribution in [-0.2, 0) is 16.0 Å². The zero-order chi connectivity index (χ0) is 16.7. The van der Waals surface area contributed by atoms with E-state index in [-0.39, 0.29) is 11.8 Å². The molecule has 0 saturated heterocycles. The van der Waals surface area contributed by atoms with Gasteiger partial charge in [-0.05, 0) is 35.4 Å². The fourth-order valence-corrected chi connectivity index (χ4v) is 2.36. The molecule has 0 aliphatic rings. The lowest BCUT2D eigenvalue weighted by Gasteiger charge is -2.04. The highest BCUT2D eigenvalue weighted by atomic mass is 79.9. The van der Waals surface area contributed by atoms with E-state index >= 15 is 0 Å². The van der Waals surface area contributed by atoms with Crippen LogP contribution in [0.15, 0.2) is 59.1 Å². The van der Waals surface area contributed by atoms with Crippen LogP contribution in [0.5, 0.6) is 0 Å². The molecule has 0 spiro atoms. The molecule has 0 aromatic heterocycles. The van der Waals surface area contributed by atoms with Crippen molar-refractivity contribution in [1.82, 2.24) is 5.32 Å². The molecule has 0 aliphatic carbocycles. The molecule has 0 atom stereocenters. The molecule has 0 unspecified atom stereocenters. The summed E-state index contributed by atoms with van der Waals surface area (Å²) in [7, 11) is 1.61. The average Bonchev–Trinajstić information content (AvgIpc) is 2.56. The van der Waals surface area contributed by atoms with Gasteiger partial charge in [0.25, 0.3) is 0 Å². The van der Waals surface area contributed by atoms with E-state index in [2.05, 4.69) is 26.6 Å². The summed E-state index contributed by atoms with van der Waals surface area (Å²) in [4.78, 5) is 23.2. The number of hydrogen-bond donors (Lipinski definition) is 2. The molecule has 0 bridgehead atoms. The van der Waals surface area contributed by atoms with Gasteiger partial charge in [0.1, 0.15) is 0 Å². The summed E-state index contributed by atoms with van der Waals surface area (Å²) in [5.41, 5.74) is 2.52. The van der Waals surface area contributed by atoms with Gasteiger partial charge in [0.2, 0.25) is 11.8 Å². The Hall–Kier alpha value is -2.40. The standard InChI is InChI=1S/C18H17BrN2O2/c1-20-18(23)12-13-6-9-15(10-7-13)21-17(22)11-8-14-4-2-3-5-16(14)19/h2-11H,12H2,1H3,(H,20,23)(H,21,22)/b11-8+. The summed E-state index contributed by atoms with van der Waals surface area (Å²) < 4.78 is 0.933. The Morgan fingerprint density at radius 1 is 1.09 bits per heavy atom. The highest BCUT2D eigenvalue weighted by Gasteiger charge is 2.02. The molecule has 4 nitrogen and oxygen atoms in total. The highest BCUT2D eigenvalue weighted by Crippen LogP contribution is 2.17. The minimum Gasteiger partial charge on any atom is -0.359 e. The van der Waals surface area contributed by atoms with Crippen molar-refractivity contribution in [1.29, 1.82) is 0 Å². The van der Waals surface area contributed by atoms with Gasteiger partial charge in [-0.25, -0.2) is 0 Å². The van der Waals surface area contributed by atoms with E-state index in [0.29, 0.717) is 12.1 Å². The second-order valence-electron chi connectivity index (χ2n) is 4.89. The maximum atomic E-state index is 11.9. The molecule has 2 amide bonds. The fourth-order valence-electron chi connectivity index (χ4n) is 1.94. The van der Waals surface area contributed by atoms with Gasteiger partial charge in [-0.1, -0.05) is 46.3 Å². The minimum absolute atomic E-state index is 0.0434. The Bertz CT molecular complexity index is 724. The molecule has 2 aromatic rings. The van der Waals surface area contributed by atoms with E-state index in [9.17, 15) is 9.59 Å². The predicted octanol–water partition coefficient (Wildman–Crippen LogP) is 3.39. The topological polar surface area (TPSA) is 58.2 Å². The van der Waals surface area contributed by atoms with E-state index in [1.807, 2.05) is 36.4 Å². The third kappa shape index (κ3) is 5.38. The Morgan fingerprint density at radius 3 is 2.43 bits per heavy atom. The van der Waals surface area contributed by atoms with Crippen molar-refractivity contribution in [3.05, 3.63) is 70.2 Å². The second kappa shape index (κ2) is 8.29. The van der Waals surface area contributed by atoms with Gasteiger partial charge in [-0.3, -0.25) is 9.59 Å². The third-order valence-electron chi connectivity index (χ3n) is 3.18. The molecule has 0 fully saturated rings. The van der Waals surface area contributed by atoms with Gasteiger partial charge < -0.3 is 10.6 Å². The largest absolute Gasteiger partial charge is 0.359 e. The van der Waals surface area contributed by atoms with Gasteiger partial charge in [0, 0.05) is 23.3 Å². The zero-order valence-corrected chi connectivity index (χ0v) is 14.3. The van der Waals surface area contributed by atoms with Crippen molar-refractivity contribution < 1.29 is 9.59 Å². The number of hydrogen-bond acceptors (Lipinski definition) is 2. The maximum Gasteiger partial charge on any atom is 0.248 e. The van der Waals surface area contributed by atoms with Gasteiger partial charge in [0.15, 0.2) is 0 Å². The van der Waals surface area contributed by atoms with Crippen molar-refractivity contribution in [2.75, 3.05) is 12.4 Å². The molecular weight excluding hydrogens is 356 g/mol. The molecular formula is C18H17BrN2O2. The summed E-state index contributed by atoms with van der Waals surface area (Å²) in [6, 6.07) is 14.9. The first-order valence-electron chi connectivity index (χ1n) is 7.11. The van der Waals surface area contributed by atoms with Gasteiger partial charge >= 0.3 is 0 Å². The number of rotatable bonds is 5. The Labute approximate surface area is 143 Å². The fraction of sp³-hybridized carbons (Fsp3) is 0.111. The molecule has 0 saturated carbocycles. The third-order valence-corrected chi connectivity index (χ3v) is 3.91. The average molecular weight is 373 g/mol. The van der Waals surface area contributed by atoms with E-state index in [1.54, 1.807) is 25.3 Å². The number of carbonyl (C=O) groups is 2. The van der Waals surface area contributed by atoms with Gasteiger partial charge in [-0.15, -0.1) is 0 Å². The minimum atomic E-state index is -0.209. The predicted molar refractivity (Wildman–Crippen MR) is 96.0 cm³/mol. The van der Waals surface area contributed by atoms with E-state index in [1.165, 1.54) is 6.08 Å². The molecule has 2 N–H and O–H groups in total. The summed E-state index contributed by atoms with van der Waals surface area (Å²) in [5.74, 6) is -0.252. The number of likely N-dealkylation sites (N-methyl/N-ethyl adjacent to an activating group) is 1. The van der Waals surface area contributed by atoms with Crippen molar-refractivity contribution in [3.63, 3.8) is 0 Å². The smallest absolute Gasteiger partial charge is 0.248 e. The lowest BCUT2D eigenvalue weighted by Crippen LogP contribution is -2.19. The Balaban J connectivity index is 1.95. The summed E-state index contributed by atoms with van der Waals surface area (Å²) in [5, 5.41) is 5.36. The number of halogens is 1. The molecule has 23 heavy (non-hydrogen) atoms. The van der Waals surface area contributed by atoms with E-state index in [4.69, 9.17) is 0 Å². The Morgan fingerprint density at radius 2 is 1.78 bits per heavy atom. The van der Waals surface area contributed by atoms with Crippen LogP contribution in [0.4, 0.5) is 5.69 Å². The number of carbonyl (C=O) groups excluding carboxylic acids is 2. The first-order chi connectivity index (χ1) is 11.1. The lowest BCUT2D eigenvalue weighted by molar-refractivity contribution is -0.120. The van der Waals surface area contributed by atoms with E-state index in [0.717, 1.165) is 15.6 Å². The molecule has 2 rings (SSSR count). The normalized spacial score (nSPS) is 10.5. The molecule has 0 radical (unpaired) electrons.